The summed E-state index contributed by atoms with van der Waals surface area (Å²) in [6.07, 6.45) is 0. The van der Waals surface area contributed by atoms with Crippen LogP contribution in [0.3, 0.4) is 0 Å². The summed E-state index contributed by atoms with van der Waals surface area (Å²) in [6.45, 7) is 7.14. The van der Waals surface area contributed by atoms with Crippen LogP contribution in [-0.4, -0.2) is 24.1 Å². The van der Waals surface area contributed by atoms with Gasteiger partial charge in [0.15, 0.2) is 0 Å². The third-order valence-corrected chi connectivity index (χ3v) is 5.58. The molecule has 3 aromatic rings. The minimum absolute atomic E-state index is 0.319. The number of carbonyl (C=O) groups excluding carboxylic acids is 2. The van der Waals surface area contributed by atoms with Crippen LogP contribution in [-0.2, 0) is 0 Å². The zero-order valence-corrected chi connectivity index (χ0v) is 17.1. The fraction of sp³-hybridized carbons (Fsp3) is 0.250. The molecule has 2 heterocycles. The minimum atomic E-state index is -0.358. The molecule has 0 bridgehead atoms. The van der Waals surface area contributed by atoms with Gasteiger partial charge in [0.1, 0.15) is 22.1 Å². The van der Waals surface area contributed by atoms with Crippen molar-refractivity contribution in [1.82, 2.24) is 5.16 Å². The second-order valence-corrected chi connectivity index (χ2v) is 7.52. The van der Waals surface area contributed by atoms with Gasteiger partial charge in [-0.25, -0.2) is 0 Å². The van der Waals surface area contributed by atoms with Gasteiger partial charge in [-0.15, -0.1) is 11.3 Å². The number of ether oxygens (including phenoxy) is 1. The number of hydrogen-bond donors (Lipinski definition) is 2. The van der Waals surface area contributed by atoms with Gasteiger partial charge < -0.3 is 19.9 Å². The second-order valence-electron chi connectivity index (χ2n) is 6.30. The summed E-state index contributed by atoms with van der Waals surface area (Å²) in [5.41, 5.74) is 2.67. The molecule has 0 spiro atoms. The summed E-state index contributed by atoms with van der Waals surface area (Å²) in [4.78, 5) is 26.7. The quantitative estimate of drug-likeness (QED) is 0.660. The highest BCUT2D eigenvalue weighted by Crippen LogP contribution is 2.34. The van der Waals surface area contributed by atoms with Crippen molar-refractivity contribution >= 4 is 33.8 Å². The summed E-state index contributed by atoms with van der Waals surface area (Å²) in [5, 5.41) is 9.99. The van der Waals surface area contributed by atoms with Gasteiger partial charge in [0, 0.05) is 4.88 Å². The van der Waals surface area contributed by atoms with Crippen molar-refractivity contribution in [2.24, 2.45) is 0 Å². The van der Waals surface area contributed by atoms with E-state index in [0.29, 0.717) is 39.0 Å². The molecule has 1 aromatic carbocycles. The van der Waals surface area contributed by atoms with E-state index in [1.165, 1.54) is 11.3 Å². The lowest BCUT2D eigenvalue weighted by atomic mass is 10.1. The van der Waals surface area contributed by atoms with Crippen LogP contribution >= 0.6 is 11.3 Å². The number of nitrogens with zero attached hydrogens (tertiary/aromatic N) is 1. The highest BCUT2D eigenvalue weighted by molar-refractivity contribution is 7.16. The number of carbonyl (C=O) groups is 2. The first-order valence-electron chi connectivity index (χ1n) is 8.62. The van der Waals surface area contributed by atoms with Gasteiger partial charge >= 0.3 is 0 Å². The van der Waals surface area contributed by atoms with Gasteiger partial charge in [0.25, 0.3) is 11.8 Å². The van der Waals surface area contributed by atoms with E-state index in [0.717, 1.165) is 10.4 Å². The lowest BCUT2D eigenvalue weighted by molar-refractivity contribution is 0.102. The van der Waals surface area contributed by atoms with Crippen LogP contribution in [0.2, 0.25) is 0 Å². The number of para-hydroxylation sites is 2. The first kappa shape index (κ1) is 19.6. The normalized spacial score (nSPS) is 10.6. The molecule has 3 rings (SSSR count). The molecule has 146 valence electrons. The lowest BCUT2D eigenvalue weighted by Gasteiger charge is -2.11. The fourth-order valence-electron chi connectivity index (χ4n) is 2.89. The molecule has 28 heavy (non-hydrogen) atoms. The third kappa shape index (κ3) is 3.63. The van der Waals surface area contributed by atoms with E-state index in [-0.39, 0.29) is 11.8 Å². The molecule has 0 unspecified atom stereocenters. The molecule has 0 aliphatic carbocycles. The molecule has 2 N–H and O–H groups in total. The van der Waals surface area contributed by atoms with Crippen molar-refractivity contribution in [1.29, 1.82) is 0 Å². The Bertz CT molecular complexity index is 1030. The van der Waals surface area contributed by atoms with Crippen molar-refractivity contribution in [2.75, 3.05) is 17.7 Å². The zero-order valence-electron chi connectivity index (χ0n) is 16.3. The minimum Gasteiger partial charge on any atom is -0.495 e. The SMILES string of the molecule is COc1ccccc1NC(=O)c1c(NC(=O)c2c(C)noc2C)sc(C)c1C. The van der Waals surface area contributed by atoms with E-state index in [1.54, 1.807) is 33.1 Å². The summed E-state index contributed by atoms with van der Waals surface area (Å²) in [5.74, 6) is 0.311. The summed E-state index contributed by atoms with van der Waals surface area (Å²) < 4.78 is 10.4. The molecule has 0 saturated carbocycles. The van der Waals surface area contributed by atoms with Crippen molar-refractivity contribution in [3.63, 3.8) is 0 Å². The molecule has 2 amide bonds. The van der Waals surface area contributed by atoms with Gasteiger partial charge in [0.2, 0.25) is 0 Å². The van der Waals surface area contributed by atoms with E-state index < -0.39 is 0 Å². The first-order valence-corrected chi connectivity index (χ1v) is 9.43. The third-order valence-electron chi connectivity index (χ3n) is 4.46. The predicted octanol–water partition coefficient (Wildman–Crippen LogP) is 4.48. The average molecular weight is 399 g/mol. The van der Waals surface area contributed by atoms with Crippen LogP contribution in [0.25, 0.3) is 0 Å². The number of anilines is 2. The summed E-state index contributed by atoms with van der Waals surface area (Å²) in [7, 11) is 1.54. The predicted molar refractivity (Wildman–Crippen MR) is 109 cm³/mol. The van der Waals surface area contributed by atoms with Crippen LogP contribution in [0.1, 0.15) is 42.6 Å². The van der Waals surface area contributed by atoms with Gasteiger partial charge in [-0.1, -0.05) is 17.3 Å². The van der Waals surface area contributed by atoms with Gasteiger partial charge in [-0.2, -0.15) is 0 Å². The molecule has 0 atom stereocenters. The van der Waals surface area contributed by atoms with E-state index in [9.17, 15) is 9.59 Å². The highest BCUT2D eigenvalue weighted by atomic mass is 32.1. The Morgan fingerprint density at radius 2 is 1.71 bits per heavy atom. The van der Waals surface area contributed by atoms with Crippen molar-refractivity contribution < 1.29 is 18.8 Å². The Labute approximate surface area is 166 Å². The van der Waals surface area contributed by atoms with Crippen molar-refractivity contribution in [2.45, 2.75) is 27.7 Å². The molecular weight excluding hydrogens is 378 g/mol. The number of rotatable bonds is 5. The molecule has 0 aliphatic heterocycles. The van der Waals surface area contributed by atoms with E-state index in [4.69, 9.17) is 9.26 Å². The average Bonchev–Trinajstić information content (AvgIpc) is 3.13. The van der Waals surface area contributed by atoms with Crippen LogP contribution in [0.15, 0.2) is 28.8 Å². The number of benzene rings is 1. The maximum atomic E-state index is 13.0. The topological polar surface area (TPSA) is 93.5 Å². The monoisotopic (exact) mass is 399 g/mol. The number of thiophene rings is 1. The Morgan fingerprint density at radius 3 is 2.36 bits per heavy atom. The fourth-order valence-corrected chi connectivity index (χ4v) is 3.95. The van der Waals surface area contributed by atoms with Crippen molar-refractivity contribution in [3.05, 3.63) is 57.3 Å². The van der Waals surface area contributed by atoms with E-state index in [1.807, 2.05) is 26.0 Å². The van der Waals surface area contributed by atoms with Gasteiger partial charge in [-0.05, 0) is 45.4 Å². The summed E-state index contributed by atoms with van der Waals surface area (Å²) >= 11 is 1.35. The largest absolute Gasteiger partial charge is 0.495 e. The van der Waals surface area contributed by atoms with E-state index >= 15 is 0 Å². The second kappa shape index (κ2) is 7.85. The Morgan fingerprint density at radius 1 is 1.04 bits per heavy atom. The molecule has 2 aromatic heterocycles. The van der Waals surface area contributed by atoms with Crippen molar-refractivity contribution in [3.8, 4) is 5.75 Å². The Kier molecular flexibility index (Phi) is 5.51. The maximum Gasteiger partial charge on any atom is 0.261 e. The number of aromatic nitrogens is 1. The highest BCUT2D eigenvalue weighted by Gasteiger charge is 2.24. The zero-order chi connectivity index (χ0) is 20.4. The van der Waals surface area contributed by atoms with Gasteiger partial charge in [0.05, 0.1) is 24.1 Å². The number of aryl methyl sites for hydroxylation is 3. The number of nitrogens with one attached hydrogen (secondary N) is 2. The molecule has 0 saturated heterocycles. The number of methoxy groups -OCH3 is 1. The van der Waals surface area contributed by atoms with Crippen LogP contribution < -0.4 is 15.4 Å². The molecule has 8 heteroatoms. The Balaban J connectivity index is 1.92. The number of hydrogen-bond acceptors (Lipinski definition) is 6. The Hall–Kier alpha value is -3.13. The molecular formula is C20H21N3O4S. The standard InChI is InChI=1S/C20H21N3O4S/c1-10-13(4)28-20(22-19(25)17-11(2)23-27-12(17)3)16(10)18(24)21-14-8-6-7-9-15(14)26-5/h6-9H,1-5H3,(H,21,24)(H,22,25). The molecule has 0 fully saturated rings. The van der Waals surface area contributed by atoms with Crippen LogP contribution in [0, 0.1) is 27.7 Å². The van der Waals surface area contributed by atoms with E-state index in [2.05, 4.69) is 15.8 Å². The first-order chi connectivity index (χ1) is 13.3. The smallest absolute Gasteiger partial charge is 0.261 e. The molecule has 0 radical (unpaired) electrons. The van der Waals surface area contributed by atoms with Crippen LogP contribution in [0.5, 0.6) is 5.75 Å². The molecule has 7 nitrogen and oxygen atoms in total. The van der Waals surface area contributed by atoms with Gasteiger partial charge in [-0.3, -0.25) is 9.59 Å². The molecule has 0 aliphatic rings. The lowest BCUT2D eigenvalue weighted by Crippen LogP contribution is -2.18. The maximum absolute atomic E-state index is 13.0. The summed E-state index contributed by atoms with van der Waals surface area (Å²) in [6, 6.07) is 7.16. The number of amides is 2. The van der Waals surface area contributed by atoms with Crippen LogP contribution in [0.4, 0.5) is 10.7 Å².